The smallest absolute Gasteiger partial charge is 0.293 e. The summed E-state index contributed by atoms with van der Waals surface area (Å²) in [5.74, 6) is 0. The van der Waals surface area contributed by atoms with Crippen molar-refractivity contribution in [2.75, 3.05) is 6.61 Å². The summed E-state index contributed by atoms with van der Waals surface area (Å²) in [6.45, 7) is 0.996. The highest BCUT2D eigenvalue weighted by Gasteiger charge is 2.10. The van der Waals surface area contributed by atoms with E-state index in [9.17, 15) is 4.79 Å². The van der Waals surface area contributed by atoms with Crippen molar-refractivity contribution in [2.24, 2.45) is 0 Å². The zero-order valence-corrected chi connectivity index (χ0v) is 8.16. The summed E-state index contributed by atoms with van der Waals surface area (Å²) in [5, 5.41) is 0. The highest BCUT2D eigenvalue weighted by Crippen LogP contribution is 2.22. The van der Waals surface area contributed by atoms with Crippen LogP contribution in [0.2, 0.25) is 0 Å². The molecule has 1 aromatic carbocycles. The van der Waals surface area contributed by atoms with Crippen LogP contribution >= 0.6 is 0 Å². The third kappa shape index (κ3) is 1.95. The molecule has 0 bridgehead atoms. The van der Waals surface area contributed by atoms with E-state index in [1.54, 1.807) is 0 Å². The van der Waals surface area contributed by atoms with Crippen molar-refractivity contribution >= 4 is 6.47 Å². The summed E-state index contributed by atoms with van der Waals surface area (Å²) in [6.07, 6.45) is 4.54. The normalized spacial score (nSPS) is 13.7. The van der Waals surface area contributed by atoms with E-state index >= 15 is 0 Å². The van der Waals surface area contributed by atoms with Gasteiger partial charge in [-0.3, -0.25) is 4.79 Å². The second-order valence-electron chi connectivity index (χ2n) is 3.67. The molecule has 1 aliphatic rings. The Morgan fingerprint density at radius 1 is 1.29 bits per heavy atom. The van der Waals surface area contributed by atoms with Crippen LogP contribution in [0.3, 0.4) is 0 Å². The third-order valence-electron chi connectivity index (χ3n) is 2.74. The Balaban J connectivity index is 2.01. The Bertz CT molecular complexity index is 331. The molecule has 0 heterocycles. The van der Waals surface area contributed by atoms with Crippen LogP contribution in [0.1, 0.15) is 23.1 Å². The average molecular weight is 190 g/mol. The lowest BCUT2D eigenvalue weighted by atomic mass is 10.0. The molecule has 0 unspecified atom stereocenters. The van der Waals surface area contributed by atoms with Gasteiger partial charge in [0.1, 0.15) is 0 Å². The van der Waals surface area contributed by atoms with Gasteiger partial charge in [0, 0.05) is 6.42 Å². The highest BCUT2D eigenvalue weighted by molar-refractivity contribution is 5.37. The van der Waals surface area contributed by atoms with Crippen molar-refractivity contribution in [3.63, 3.8) is 0 Å². The van der Waals surface area contributed by atoms with Crippen molar-refractivity contribution in [1.82, 2.24) is 0 Å². The highest BCUT2D eigenvalue weighted by atomic mass is 16.5. The third-order valence-corrected chi connectivity index (χ3v) is 2.74. The molecular formula is C12H14O2. The van der Waals surface area contributed by atoms with Crippen molar-refractivity contribution < 1.29 is 9.53 Å². The zero-order chi connectivity index (χ0) is 9.80. The molecule has 0 fully saturated rings. The number of ether oxygens (including phenoxy) is 1. The first-order valence-corrected chi connectivity index (χ1v) is 5.06. The summed E-state index contributed by atoms with van der Waals surface area (Å²) in [6, 6.07) is 6.59. The van der Waals surface area contributed by atoms with E-state index in [0.717, 1.165) is 6.42 Å². The fourth-order valence-corrected chi connectivity index (χ4v) is 2.01. The number of fused-ring (bicyclic) bond motifs is 1. The SMILES string of the molecule is O=COCCc1ccc2c(c1)CCC2. The summed E-state index contributed by atoms with van der Waals surface area (Å²) in [4.78, 5) is 9.96. The minimum atomic E-state index is 0.488. The Labute approximate surface area is 83.9 Å². The van der Waals surface area contributed by atoms with Gasteiger partial charge in [-0.25, -0.2) is 0 Å². The van der Waals surface area contributed by atoms with Gasteiger partial charge in [0.25, 0.3) is 6.47 Å². The van der Waals surface area contributed by atoms with Crippen molar-refractivity contribution in [1.29, 1.82) is 0 Å². The lowest BCUT2D eigenvalue weighted by Crippen LogP contribution is -1.97. The van der Waals surface area contributed by atoms with Crippen LogP contribution in [0.5, 0.6) is 0 Å². The van der Waals surface area contributed by atoms with Crippen LogP contribution < -0.4 is 0 Å². The quantitative estimate of drug-likeness (QED) is 0.535. The lowest BCUT2D eigenvalue weighted by molar-refractivity contribution is -0.128. The first kappa shape index (κ1) is 9.25. The molecule has 0 saturated carbocycles. The molecule has 74 valence electrons. The molecule has 0 N–H and O–H groups in total. The molecule has 14 heavy (non-hydrogen) atoms. The predicted octanol–water partition coefficient (Wildman–Crippen LogP) is 1.89. The number of carbonyl (C=O) groups is 1. The van der Waals surface area contributed by atoms with Crippen LogP contribution in [-0.2, 0) is 28.8 Å². The summed E-state index contributed by atoms with van der Waals surface area (Å²) >= 11 is 0. The predicted molar refractivity (Wildman–Crippen MR) is 54.2 cm³/mol. The number of aryl methyl sites for hydroxylation is 2. The van der Waals surface area contributed by atoms with E-state index in [4.69, 9.17) is 0 Å². The van der Waals surface area contributed by atoms with Gasteiger partial charge >= 0.3 is 0 Å². The van der Waals surface area contributed by atoms with Crippen molar-refractivity contribution in [3.8, 4) is 0 Å². The number of benzene rings is 1. The molecule has 0 aliphatic heterocycles. The minimum absolute atomic E-state index is 0.488. The van der Waals surface area contributed by atoms with Gasteiger partial charge in [-0.05, 0) is 36.0 Å². The topological polar surface area (TPSA) is 26.3 Å². The Hall–Kier alpha value is -1.31. The molecule has 2 rings (SSSR count). The van der Waals surface area contributed by atoms with Crippen LogP contribution in [0.25, 0.3) is 0 Å². The molecule has 2 heteroatoms. The van der Waals surface area contributed by atoms with E-state index < -0.39 is 0 Å². The summed E-state index contributed by atoms with van der Waals surface area (Å²) in [5.41, 5.74) is 4.24. The molecule has 1 aliphatic carbocycles. The monoisotopic (exact) mass is 190 g/mol. The van der Waals surface area contributed by atoms with Crippen LogP contribution in [0, 0.1) is 0 Å². The summed E-state index contributed by atoms with van der Waals surface area (Å²) in [7, 11) is 0. The Morgan fingerprint density at radius 2 is 2.14 bits per heavy atom. The second kappa shape index (κ2) is 4.27. The number of carbonyl (C=O) groups excluding carboxylic acids is 1. The van der Waals surface area contributed by atoms with Crippen molar-refractivity contribution in [3.05, 3.63) is 34.9 Å². The first-order chi connectivity index (χ1) is 6.90. The van der Waals surface area contributed by atoms with Crippen LogP contribution in [0.15, 0.2) is 18.2 Å². The van der Waals surface area contributed by atoms with Gasteiger partial charge in [-0.15, -0.1) is 0 Å². The van der Waals surface area contributed by atoms with E-state index in [-0.39, 0.29) is 0 Å². The molecule has 2 nitrogen and oxygen atoms in total. The fraction of sp³-hybridized carbons (Fsp3) is 0.417. The molecule has 0 atom stereocenters. The van der Waals surface area contributed by atoms with E-state index in [2.05, 4.69) is 22.9 Å². The van der Waals surface area contributed by atoms with Gasteiger partial charge in [0.15, 0.2) is 0 Å². The molecule has 0 saturated heterocycles. The average Bonchev–Trinajstić information content (AvgIpc) is 2.65. The Morgan fingerprint density at radius 3 is 3.00 bits per heavy atom. The first-order valence-electron chi connectivity index (χ1n) is 5.06. The fourth-order valence-electron chi connectivity index (χ4n) is 2.01. The zero-order valence-electron chi connectivity index (χ0n) is 8.16. The molecule has 0 aromatic heterocycles. The van der Waals surface area contributed by atoms with Crippen molar-refractivity contribution in [2.45, 2.75) is 25.7 Å². The molecule has 0 amide bonds. The van der Waals surface area contributed by atoms with Gasteiger partial charge in [0.05, 0.1) is 6.61 Å². The number of hydrogen-bond acceptors (Lipinski definition) is 2. The Kier molecular flexibility index (Phi) is 2.82. The number of hydrogen-bond donors (Lipinski definition) is 0. The van der Waals surface area contributed by atoms with Gasteiger partial charge in [-0.2, -0.15) is 0 Å². The van der Waals surface area contributed by atoms with Crippen LogP contribution in [0.4, 0.5) is 0 Å². The van der Waals surface area contributed by atoms with E-state index in [1.165, 1.54) is 36.0 Å². The van der Waals surface area contributed by atoms with E-state index in [1.807, 2.05) is 0 Å². The number of rotatable bonds is 4. The van der Waals surface area contributed by atoms with Gasteiger partial charge < -0.3 is 4.74 Å². The van der Waals surface area contributed by atoms with E-state index in [0.29, 0.717) is 13.1 Å². The summed E-state index contributed by atoms with van der Waals surface area (Å²) < 4.78 is 4.68. The maximum atomic E-state index is 9.96. The second-order valence-corrected chi connectivity index (χ2v) is 3.67. The maximum Gasteiger partial charge on any atom is 0.293 e. The van der Waals surface area contributed by atoms with Gasteiger partial charge in [-0.1, -0.05) is 18.2 Å². The lowest BCUT2D eigenvalue weighted by Gasteiger charge is -2.03. The molecular weight excluding hydrogens is 176 g/mol. The molecule has 0 radical (unpaired) electrons. The standard InChI is InChI=1S/C12H14O2/c13-9-14-7-6-10-4-5-11-2-1-3-12(11)8-10/h4-5,8-9H,1-3,6-7H2. The van der Waals surface area contributed by atoms with Crippen LogP contribution in [-0.4, -0.2) is 13.1 Å². The van der Waals surface area contributed by atoms with Gasteiger partial charge in [0.2, 0.25) is 0 Å². The molecule has 0 spiro atoms. The molecule has 1 aromatic rings. The minimum Gasteiger partial charge on any atom is -0.468 e. The largest absolute Gasteiger partial charge is 0.468 e. The maximum absolute atomic E-state index is 9.96.